The maximum atomic E-state index is 10.2. The molecule has 1 unspecified atom stereocenters. The van der Waals surface area contributed by atoms with Crippen molar-refractivity contribution < 1.29 is 9.84 Å². The molecular formula is C14H23NO2. The summed E-state index contributed by atoms with van der Waals surface area (Å²) in [4.78, 5) is 0. The summed E-state index contributed by atoms with van der Waals surface area (Å²) in [5, 5.41) is 13.4. The van der Waals surface area contributed by atoms with Gasteiger partial charge in [-0.05, 0) is 57.5 Å². The van der Waals surface area contributed by atoms with Crippen LogP contribution in [0.2, 0.25) is 0 Å². The van der Waals surface area contributed by atoms with Crippen LogP contribution in [0.15, 0.2) is 12.1 Å². The molecule has 2 N–H and O–H groups in total. The molecule has 1 atom stereocenters. The molecule has 0 aromatic heterocycles. The topological polar surface area (TPSA) is 41.5 Å². The van der Waals surface area contributed by atoms with E-state index < -0.39 is 5.60 Å². The number of ether oxygens (including phenoxy) is 1. The van der Waals surface area contributed by atoms with Crippen molar-refractivity contribution in [3.63, 3.8) is 0 Å². The number of rotatable bonds is 4. The van der Waals surface area contributed by atoms with Crippen molar-refractivity contribution >= 4 is 0 Å². The molecule has 1 aromatic carbocycles. The zero-order valence-electron chi connectivity index (χ0n) is 11.6. The molecule has 0 spiro atoms. The maximum Gasteiger partial charge on any atom is 0.122 e. The molecule has 1 rings (SSSR count). The number of hydrogen-bond acceptors (Lipinski definition) is 3. The lowest BCUT2D eigenvalue weighted by Gasteiger charge is -2.31. The third kappa shape index (κ3) is 2.99. The summed E-state index contributed by atoms with van der Waals surface area (Å²) in [7, 11) is 3.54. The normalized spacial score (nSPS) is 13.6. The molecule has 0 radical (unpaired) electrons. The highest BCUT2D eigenvalue weighted by Crippen LogP contribution is 2.31. The number of nitrogens with one attached hydrogen (secondary N) is 1. The molecule has 3 nitrogen and oxygen atoms in total. The Morgan fingerprint density at radius 3 is 2.24 bits per heavy atom. The van der Waals surface area contributed by atoms with Gasteiger partial charge in [0.05, 0.1) is 18.8 Å². The van der Waals surface area contributed by atoms with Gasteiger partial charge >= 0.3 is 0 Å². The van der Waals surface area contributed by atoms with Crippen molar-refractivity contribution in [1.82, 2.24) is 5.32 Å². The van der Waals surface area contributed by atoms with E-state index in [2.05, 4.69) is 11.4 Å². The summed E-state index contributed by atoms with van der Waals surface area (Å²) in [5.74, 6) is 0.886. The van der Waals surface area contributed by atoms with Crippen molar-refractivity contribution in [2.75, 3.05) is 14.2 Å². The Morgan fingerprint density at radius 1 is 1.24 bits per heavy atom. The van der Waals surface area contributed by atoms with Crippen LogP contribution in [0, 0.1) is 13.8 Å². The molecule has 3 heteroatoms. The largest absolute Gasteiger partial charge is 0.496 e. The Kier molecular flexibility index (Phi) is 4.17. The van der Waals surface area contributed by atoms with Crippen molar-refractivity contribution in [1.29, 1.82) is 0 Å². The number of methoxy groups -OCH3 is 1. The first kappa shape index (κ1) is 14.0. The van der Waals surface area contributed by atoms with Crippen molar-refractivity contribution in [2.24, 2.45) is 0 Å². The summed E-state index contributed by atoms with van der Waals surface area (Å²) in [5.41, 5.74) is 2.51. The molecule has 0 aliphatic carbocycles. The first-order valence-electron chi connectivity index (χ1n) is 5.86. The Hall–Kier alpha value is -1.06. The average Bonchev–Trinajstić information content (AvgIpc) is 2.21. The summed E-state index contributed by atoms with van der Waals surface area (Å²) < 4.78 is 5.30. The van der Waals surface area contributed by atoms with Gasteiger partial charge in [0.2, 0.25) is 0 Å². The van der Waals surface area contributed by atoms with E-state index in [0.717, 1.165) is 22.4 Å². The predicted molar refractivity (Wildman–Crippen MR) is 70.6 cm³/mol. The monoisotopic (exact) mass is 237 g/mol. The van der Waals surface area contributed by atoms with Crippen molar-refractivity contribution in [3.05, 3.63) is 28.8 Å². The highest BCUT2D eigenvalue weighted by atomic mass is 16.5. The fourth-order valence-electron chi connectivity index (χ4n) is 2.23. The first-order valence-corrected chi connectivity index (χ1v) is 5.86. The van der Waals surface area contributed by atoms with Gasteiger partial charge in [0.15, 0.2) is 0 Å². The summed E-state index contributed by atoms with van der Waals surface area (Å²) >= 11 is 0. The van der Waals surface area contributed by atoms with Crippen LogP contribution in [0.5, 0.6) is 5.75 Å². The van der Waals surface area contributed by atoms with Gasteiger partial charge < -0.3 is 15.2 Å². The van der Waals surface area contributed by atoms with E-state index in [1.54, 1.807) is 7.11 Å². The average molecular weight is 237 g/mol. The van der Waals surface area contributed by atoms with Gasteiger partial charge in [-0.25, -0.2) is 0 Å². The highest BCUT2D eigenvalue weighted by molar-refractivity contribution is 5.43. The van der Waals surface area contributed by atoms with Gasteiger partial charge in [-0.3, -0.25) is 0 Å². The third-order valence-electron chi connectivity index (χ3n) is 3.09. The molecule has 1 aromatic rings. The lowest BCUT2D eigenvalue weighted by atomic mass is 9.88. The zero-order chi connectivity index (χ0) is 13.2. The van der Waals surface area contributed by atoms with Crippen LogP contribution in [-0.2, 0) is 0 Å². The minimum atomic E-state index is -0.805. The molecule has 0 saturated carbocycles. The Bertz CT molecular complexity index is 394. The van der Waals surface area contributed by atoms with Gasteiger partial charge in [-0.15, -0.1) is 0 Å². The molecular weight excluding hydrogens is 214 g/mol. The van der Waals surface area contributed by atoms with Crippen molar-refractivity contribution in [2.45, 2.75) is 39.3 Å². The molecule has 0 amide bonds. The molecule has 17 heavy (non-hydrogen) atoms. The van der Waals surface area contributed by atoms with Crippen LogP contribution in [0.3, 0.4) is 0 Å². The molecule has 0 bridgehead atoms. The molecule has 0 aliphatic rings. The highest BCUT2D eigenvalue weighted by Gasteiger charge is 2.28. The van der Waals surface area contributed by atoms with E-state index >= 15 is 0 Å². The van der Waals surface area contributed by atoms with Gasteiger partial charge in [0, 0.05) is 0 Å². The number of hydrogen-bond donors (Lipinski definition) is 2. The summed E-state index contributed by atoms with van der Waals surface area (Å²) in [6.07, 6.45) is 0. The van der Waals surface area contributed by atoms with Crippen molar-refractivity contribution in [3.8, 4) is 5.75 Å². The fourth-order valence-corrected chi connectivity index (χ4v) is 2.23. The van der Waals surface area contributed by atoms with E-state index in [4.69, 9.17) is 4.74 Å². The van der Waals surface area contributed by atoms with Crippen LogP contribution >= 0.6 is 0 Å². The van der Waals surface area contributed by atoms with E-state index in [1.165, 1.54) is 0 Å². The molecule has 0 fully saturated rings. The molecule has 0 heterocycles. The van der Waals surface area contributed by atoms with E-state index in [1.807, 2.05) is 40.8 Å². The Morgan fingerprint density at radius 2 is 1.82 bits per heavy atom. The van der Waals surface area contributed by atoms with Gasteiger partial charge in [0.1, 0.15) is 5.75 Å². The van der Waals surface area contributed by atoms with Crippen LogP contribution in [0.25, 0.3) is 0 Å². The van der Waals surface area contributed by atoms with E-state index in [-0.39, 0.29) is 6.04 Å². The van der Waals surface area contributed by atoms with Crippen LogP contribution in [0.1, 0.15) is 36.6 Å². The van der Waals surface area contributed by atoms with Crippen LogP contribution < -0.4 is 10.1 Å². The minimum Gasteiger partial charge on any atom is -0.496 e. The number of likely N-dealkylation sites (N-methyl/N-ethyl adjacent to an activating group) is 1. The van der Waals surface area contributed by atoms with E-state index in [9.17, 15) is 5.11 Å². The lowest BCUT2D eigenvalue weighted by molar-refractivity contribution is 0.0397. The summed E-state index contributed by atoms with van der Waals surface area (Å²) in [6.45, 7) is 7.67. The second kappa shape index (κ2) is 5.07. The SMILES string of the molecule is CNC(c1cc(C)c(OC)cc1C)C(C)(C)O. The molecule has 96 valence electrons. The fraction of sp³-hybridized carbons (Fsp3) is 0.571. The van der Waals surface area contributed by atoms with Gasteiger partial charge in [0.25, 0.3) is 0 Å². The number of aliphatic hydroxyl groups is 1. The Balaban J connectivity index is 3.26. The zero-order valence-corrected chi connectivity index (χ0v) is 11.6. The van der Waals surface area contributed by atoms with Gasteiger partial charge in [-0.1, -0.05) is 6.07 Å². The molecule has 0 aliphatic heterocycles. The van der Waals surface area contributed by atoms with Crippen LogP contribution in [-0.4, -0.2) is 24.9 Å². The van der Waals surface area contributed by atoms with Crippen LogP contribution in [0.4, 0.5) is 0 Å². The summed E-state index contributed by atoms with van der Waals surface area (Å²) in [6, 6.07) is 4.00. The smallest absolute Gasteiger partial charge is 0.122 e. The Labute approximate surface area is 104 Å². The third-order valence-corrected chi connectivity index (χ3v) is 3.09. The standard InChI is InChI=1S/C14H23NO2/c1-9-8-12(17-6)10(2)7-11(9)13(15-5)14(3,4)16/h7-8,13,15-16H,1-6H3. The number of aryl methyl sites for hydroxylation is 2. The second-order valence-electron chi connectivity index (χ2n) is 5.05. The number of benzene rings is 1. The maximum absolute atomic E-state index is 10.2. The predicted octanol–water partition coefficient (Wildman–Crippen LogP) is 2.34. The molecule has 0 saturated heterocycles. The first-order chi connectivity index (χ1) is 7.81. The van der Waals surface area contributed by atoms with E-state index in [0.29, 0.717) is 0 Å². The second-order valence-corrected chi connectivity index (χ2v) is 5.05. The van der Waals surface area contributed by atoms with Gasteiger partial charge in [-0.2, -0.15) is 0 Å². The minimum absolute atomic E-state index is 0.0906. The lowest BCUT2D eigenvalue weighted by Crippen LogP contribution is -2.37. The quantitative estimate of drug-likeness (QED) is 0.844.